The normalized spacial score (nSPS) is 16.4. The van der Waals surface area contributed by atoms with Crippen LogP contribution >= 0.6 is 11.6 Å². The molecule has 0 aromatic heterocycles. The van der Waals surface area contributed by atoms with Crippen molar-refractivity contribution in [2.75, 3.05) is 32.8 Å². The summed E-state index contributed by atoms with van der Waals surface area (Å²) in [5.74, 6) is -0.736. The predicted octanol–water partition coefficient (Wildman–Crippen LogP) is 2.26. The van der Waals surface area contributed by atoms with Gasteiger partial charge in [0.15, 0.2) is 0 Å². The summed E-state index contributed by atoms with van der Waals surface area (Å²) >= 11 is 6.01. The first-order chi connectivity index (χ1) is 13.1. The highest BCUT2D eigenvalue weighted by Crippen LogP contribution is 2.20. The molecular weight excluding hydrogens is 367 g/mol. The maximum atomic E-state index is 13.9. The van der Waals surface area contributed by atoms with Crippen LogP contribution in [-0.4, -0.2) is 38.8 Å². The Morgan fingerprint density at radius 3 is 2.63 bits per heavy atom. The first-order valence-corrected chi connectivity index (χ1v) is 9.40. The molecule has 1 amide bonds. The minimum atomic E-state index is -0.455. The Kier molecular flexibility index (Phi) is 6.98. The molecule has 1 aliphatic heterocycles. The smallest absolute Gasteiger partial charge is 0.244 e. The molecule has 1 heterocycles. The summed E-state index contributed by atoms with van der Waals surface area (Å²) in [5, 5.41) is 3.31. The molecule has 0 unspecified atom stereocenters. The number of rotatable bonds is 6. The number of ether oxygens (including phenoxy) is 1. The third-order valence-electron chi connectivity index (χ3n) is 4.61. The fourth-order valence-electron chi connectivity index (χ4n) is 3.14. The summed E-state index contributed by atoms with van der Waals surface area (Å²) in [5.41, 5.74) is 1.26. The Morgan fingerprint density at radius 2 is 1.93 bits per heavy atom. The number of benzene rings is 2. The fourth-order valence-corrected chi connectivity index (χ4v) is 3.37. The minimum absolute atomic E-state index is 0.132. The van der Waals surface area contributed by atoms with E-state index in [9.17, 15) is 9.18 Å². The SMILES string of the molecule is O=C(/C=C/c1c(F)cccc1Cl)N[C@H](C[NH+]1CCOCC1)c1ccccc1. The first kappa shape index (κ1) is 19.5. The topological polar surface area (TPSA) is 42.8 Å². The second kappa shape index (κ2) is 9.65. The molecule has 2 aromatic rings. The van der Waals surface area contributed by atoms with Gasteiger partial charge in [-0.25, -0.2) is 4.39 Å². The summed E-state index contributed by atoms with van der Waals surface area (Å²) in [6, 6.07) is 14.2. The quantitative estimate of drug-likeness (QED) is 0.744. The van der Waals surface area contributed by atoms with Gasteiger partial charge in [-0.3, -0.25) is 4.79 Å². The van der Waals surface area contributed by atoms with Crippen LogP contribution in [0.5, 0.6) is 0 Å². The lowest BCUT2D eigenvalue weighted by molar-refractivity contribution is -0.909. The Bertz CT molecular complexity index is 772. The number of morpholine rings is 1. The van der Waals surface area contributed by atoms with Crippen molar-refractivity contribution in [1.29, 1.82) is 0 Å². The molecule has 0 aliphatic carbocycles. The number of quaternary nitrogens is 1. The van der Waals surface area contributed by atoms with Gasteiger partial charge in [-0.2, -0.15) is 0 Å². The van der Waals surface area contributed by atoms with E-state index < -0.39 is 5.82 Å². The van der Waals surface area contributed by atoms with E-state index >= 15 is 0 Å². The molecule has 1 saturated heterocycles. The standard InChI is InChI=1S/C21H22ClFN2O2/c22-18-7-4-8-19(23)17(18)9-10-21(26)24-20(16-5-2-1-3-6-16)15-25-11-13-27-14-12-25/h1-10,20H,11-15H2,(H,24,26)/p+1/b10-9+/t20-/m1/s1. The Morgan fingerprint density at radius 1 is 1.19 bits per heavy atom. The van der Waals surface area contributed by atoms with E-state index in [0.717, 1.165) is 38.4 Å². The van der Waals surface area contributed by atoms with E-state index in [0.29, 0.717) is 0 Å². The zero-order valence-electron chi connectivity index (χ0n) is 15.0. The number of carbonyl (C=O) groups excluding carboxylic acids is 1. The van der Waals surface area contributed by atoms with Gasteiger partial charge in [0, 0.05) is 11.6 Å². The number of amides is 1. The van der Waals surface area contributed by atoms with Gasteiger partial charge in [-0.15, -0.1) is 0 Å². The summed E-state index contributed by atoms with van der Waals surface area (Å²) in [4.78, 5) is 13.9. The van der Waals surface area contributed by atoms with Gasteiger partial charge in [-0.1, -0.05) is 48.0 Å². The fraction of sp³-hybridized carbons (Fsp3) is 0.286. The van der Waals surface area contributed by atoms with Crippen LogP contribution in [0.2, 0.25) is 5.02 Å². The maximum absolute atomic E-state index is 13.9. The predicted molar refractivity (Wildman–Crippen MR) is 104 cm³/mol. The number of hydrogen-bond acceptors (Lipinski definition) is 2. The largest absolute Gasteiger partial charge is 0.370 e. The van der Waals surface area contributed by atoms with Crippen LogP contribution in [0.15, 0.2) is 54.6 Å². The minimum Gasteiger partial charge on any atom is -0.370 e. The van der Waals surface area contributed by atoms with Gasteiger partial charge in [0.2, 0.25) is 5.91 Å². The molecule has 6 heteroatoms. The molecule has 1 fully saturated rings. The monoisotopic (exact) mass is 389 g/mol. The van der Waals surface area contributed by atoms with E-state index in [-0.39, 0.29) is 22.5 Å². The van der Waals surface area contributed by atoms with E-state index in [1.54, 1.807) is 6.07 Å². The molecule has 0 radical (unpaired) electrons. The van der Waals surface area contributed by atoms with Gasteiger partial charge in [0.1, 0.15) is 31.5 Å². The Hall–Kier alpha value is -2.21. The third kappa shape index (κ3) is 5.63. The number of nitrogens with one attached hydrogen (secondary N) is 2. The average Bonchev–Trinajstić information content (AvgIpc) is 2.68. The van der Waals surface area contributed by atoms with Crippen LogP contribution in [0.1, 0.15) is 17.2 Å². The molecule has 27 heavy (non-hydrogen) atoms. The molecule has 142 valence electrons. The Balaban J connectivity index is 1.71. The van der Waals surface area contributed by atoms with E-state index in [1.807, 2.05) is 30.3 Å². The first-order valence-electron chi connectivity index (χ1n) is 9.02. The third-order valence-corrected chi connectivity index (χ3v) is 4.94. The molecule has 2 N–H and O–H groups in total. The van der Waals surface area contributed by atoms with Crippen LogP contribution < -0.4 is 10.2 Å². The summed E-state index contributed by atoms with van der Waals surface area (Å²) < 4.78 is 19.3. The second-order valence-corrected chi connectivity index (χ2v) is 6.91. The molecule has 0 bridgehead atoms. The molecule has 1 aliphatic rings. The maximum Gasteiger partial charge on any atom is 0.244 e. The molecule has 1 atom stereocenters. The highest BCUT2D eigenvalue weighted by Gasteiger charge is 2.22. The highest BCUT2D eigenvalue weighted by molar-refractivity contribution is 6.32. The Labute approximate surface area is 163 Å². The lowest BCUT2D eigenvalue weighted by Crippen LogP contribution is -3.14. The van der Waals surface area contributed by atoms with Crippen LogP contribution in [0, 0.1) is 5.82 Å². The van der Waals surface area contributed by atoms with E-state index in [1.165, 1.54) is 29.2 Å². The lowest BCUT2D eigenvalue weighted by Gasteiger charge is -2.28. The summed E-state index contributed by atoms with van der Waals surface area (Å²) in [6.45, 7) is 4.07. The van der Waals surface area contributed by atoms with Crippen molar-refractivity contribution >= 4 is 23.6 Å². The average molecular weight is 390 g/mol. The van der Waals surface area contributed by atoms with Gasteiger partial charge in [-0.05, 0) is 23.8 Å². The number of halogens is 2. The summed E-state index contributed by atoms with van der Waals surface area (Å²) in [6.07, 6.45) is 2.74. The molecule has 0 spiro atoms. The van der Waals surface area contributed by atoms with Crippen molar-refractivity contribution < 1.29 is 18.8 Å². The van der Waals surface area contributed by atoms with Crippen molar-refractivity contribution in [3.05, 3.63) is 76.6 Å². The van der Waals surface area contributed by atoms with Crippen molar-refractivity contribution in [3.63, 3.8) is 0 Å². The zero-order valence-corrected chi connectivity index (χ0v) is 15.7. The van der Waals surface area contributed by atoms with E-state index in [2.05, 4.69) is 5.32 Å². The molecular formula is C21H23ClFN2O2+. The molecule has 4 nitrogen and oxygen atoms in total. The van der Waals surface area contributed by atoms with Crippen LogP contribution in [0.25, 0.3) is 6.08 Å². The van der Waals surface area contributed by atoms with Crippen molar-refractivity contribution in [2.45, 2.75) is 6.04 Å². The van der Waals surface area contributed by atoms with Gasteiger partial charge >= 0.3 is 0 Å². The molecule has 2 aromatic carbocycles. The summed E-state index contributed by atoms with van der Waals surface area (Å²) in [7, 11) is 0. The van der Waals surface area contributed by atoms with Gasteiger partial charge in [0.05, 0.1) is 18.2 Å². The molecule has 3 rings (SSSR count). The van der Waals surface area contributed by atoms with Crippen LogP contribution in [0.4, 0.5) is 4.39 Å². The van der Waals surface area contributed by atoms with Crippen molar-refractivity contribution in [2.24, 2.45) is 0 Å². The lowest BCUT2D eigenvalue weighted by atomic mass is 10.1. The second-order valence-electron chi connectivity index (χ2n) is 6.51. The van der Waals surface area contributed by atoms with Crippen molar-refractivity contribution in [1.82, 2.24) is 5.32 Å². The molecule has 0 saturated carbocycles. The van der Waals surface area contributed by atoms with Crippen LogP contribution in [-0.2, 0) is 9.53 Å². The highest BCUT2D eigenvalue weighted by atomic mass is 35.5. The number of hydrogen-bond donors (Lipinski definition) is 2. The van der Waals surface area contributed by atoms with Crippen molar-refractivity contribution in [3.8, 4) is 0 Å². The van der Waals surface area contributed by atoms with E-state index in [4.69, 9.17) is 16.3 Å². The van der Waals surface area contributed by atoms with Gasteiger partial charge in [0.25, 0.3) is 0 Å². The van der Waals surface area contributed by atoms with Crippen LogP contribution in [0.3, 0.4) is 0 Å². The number of carbonyl (C=O) groups is 1. The van der Waals surface area contributed by atoms with Gasteiger partial charge < -0.3 is 15.0 Å². The zero-order chi connectivity index (χ0) is 19.1.